The van der Waals surface area contributed by atoms with Crippen LogP contribution in [0.1, 0.15) is 16.7 Å². The summed E-state index contributed by atoms with van der Waals surface area (Å²) in [5, 5.41) is 1.65. The zero-order chi connectivity index (χ0) is 13.4. The van der Waals surface area contributed by atoms with Crippen molar-refractivity contribution in [3.63, 3.8) is 0 Å². The Balaban J connectivity index is 2.03. The molecule has 2 aromatic heterocycles. The summed E-state index contributed by atoms with van der Waals surface area (Å²) in [5.74, 6) is 0. The average molecular weight is 271 g/mol. The highest BCUT2D eigenvalue weighted by Gasteiger charge is 2.04. The normalized spacial score (nSPS) is 11.1. The summed E-state index contributed by atoms with van der Waals surface area (Å²) >= 11 is 5.98. The Bertz CT molecular complexity index is 723. The summed E-state index contributed by atoms with van der Waals surface area (Å²) in [6.45, 7) is 5.07. The molecule has 0 aliphatic rings. The third kappa shape index (κ3) is 2.49. The van der Waals surface area contributed by atoms with Gasteiger partial charge in [0, 0.05) is 18.1 Å². The predicted molar refractivity (Wildman–Crippen MR) is 79.8 cm³/mol. The second-order valence-corrected chi connectivity index (χ2v) is 5.37. The molecule has 3 heteroatoms. The van der Waals surface area contributed by atoms with Crippen molar-refractivity contribution in [1.29, 1.82) is 0 Å². The molecule has 3 rings (SSSR count). The van der Waals surface area contributed by atoms with E-state index >= 15 is 0 Å². The van der Waals surface area contributed by atoms with Gasteiger partial charge in [-0.25, -0.2) is 4.98 Å². The van der Waals surface area contributed by atoms with Gasteiger partial charge in [-0.3, -0.25) is 0 Å². The van der Waals surface area contributed by atoms with Crippen molar-refractivity contribution in [3.05, 3.63) is 64.4 Å². The number of rotatable bonds is 2. The van der Waals surface area contributed by atoms with Crippen LogP contribution in [0.15, 0.2) is 42.6 Å². The lowest BCUT2D eigenvalue weighted by molar-refractivity contribution is 0.823. The first kappa shape index (κ1) is 12.2. The molecule has 0 saturated carbocycles. The quantitative estimate of drug-likeness (QED) is 0.633. The average Bonchev–Trinajstić information content (AvgIpc) is 2.70. The van der Waals surface area contributed by atoms with Crippen molar-refractivity contribution in [2.45, 2.75) is 20.4 Å². The van der Waals surface area contributed by atoms with Crippen LogP contribution in [-0.4, -0.2) is 9.55 Å². The van der Waals surface area contributed by atoms with E-state index in [1.807, 2.05) is 12.1 Å². The molecule has 96 valence electrons. The van der Waals surface area contributed by atoms with Crippen LogP contribution in [0, 0.1) is 13.8 Å². The number of halogens is 1. The minimum Gasteiger partial charge on any atom is -0.328 e. The van der Waals surface area contributed by atoms with Crippen LogP contribution in [-0.2, 0) is 6.54 Å². The molecule has 0 aliphatic heterocycles. The van der Waals surface area contributed by atoms with Gasteiger partial charge in [-0.2, -0.15) is 0 Å². The molecule has 0 bridgehead atoms. The lowest BCUT2D eigenvalue weighted by atomic mass is 10.1. The molecule has 0 aliphatic carbocycles. The highest BCUT2D eigenvalue weighted by Crippen LogP contribution is 2.19. The summed E-state index contributed by atoms with van der Waals surface area (Å²) in [4.78, 5) is 4.41. The number of aromatic nitrogens is 2. The van der Waals surface area contributed by atoms with Crippen LogP contribution in [0.5, 0.6) is 0 Å². The fraction of sp³-hybridized carbons (Fsp3) is 0.188. The molecule has 0 amide bonds. The predicted octanol–water partition coefficient (Wildman–Crippen LogP) is 4.35. The Hall–Kier alpha value is -1.80. The van der Waals surface area contributed by atoms with E-state index in [-0.39, 0.29) is 0 Å². The second-order valence-electron chi connectivity index (χ2n) is 4.99. The van der Waals surface area contributed by atoms with Crippen molar-refractivity contribution in [2.24, 2.45) is 0 Å². The van der Waals surface area contributed by atoms with E-state index in [4.69, 9.17) is 11.6 Å². The van der Waals surface area contributed by atoms with Gasteiger partial charge in [-0.15, -0.1) is 0 Å². The van der Waals surface area contributed by atoms with E-state index in [1.165, 1.54) is 16.7 Å². The molecule has 0 spiro atoms. The molecular formula is C16H15ClN2. The zero-order valence-corrected chi connectivity index (χ0v) is 11.8. The number of hydrogen-bond acceptors (Lipinski definition) is 1. The molecule has 0 radical (unpaired) electrons. The maximum atomic E-state index is 5.98. The first-order valence-electron chi connectivity index (χ1n) is 6.30. The molecule has 0 N–H and O–H groups in total. The van der Waals surface area contributed by atoms with Gasteiger partial charge >= 0.3 is 0 Å². The van der Waals surface area contributed by atoms with Gasteiger partial charge < -0.3 is 4.57 Å². The minimum absolute atomic E-state index is 0.535. The molecule has 19 heavy (non-hydrogen) atoms. The van der Waals surface area contributed by atoms with E-state index in [0.717, 1.165) is 17.6 Å². The number of benzene rings is 1. The highest BCUT2D eigenvalue weighted by molar-refractivity contribution is 6.29. The summed E-state index contributed by atoms with van der Waals surface area (Å²) in [7, 11) is 0. The zero-order valence-electron chi connectivity index (χ0n) is 11.0. The summed E-state index contributed by atoms with van der Waals surface area (Å²) in [6, 6.07) is 12.5. The Morgan fingerprint density at radius 2 is 1.79 bits per heavy atom. The van der Waals surface area contributed by atoms with Crippen LogP contribution in [0.2, 0.25) is 5.15 Å². The van der Waals surface area contributed by atoms with Crippen LogP contribution >= 0.6 is 11.6 Å². The van der Waals surface area contributed by atoms with Crippen molar-refractivity contribution in [3.8, 4) is 0 Å². The Labute approximate surface area is 117 Å². The van der Waals surface area contributed by atoms with E-state index in [1.54, 1.807) is 0 Å². The number of pyridine rings is 1. The second kappa shape index (κ2) is 4.71. The molecule has 1 aromatic carbocycles. The first-order chi connectivity index (χ1) is 9.11. The Kier molecular flexibility index (Phi) is 3.03. The van der Waals surface area contributed by atoms with Gasteiger partial charge in [-0.05, 0) is 37.6 Å². The van der Waals surface area contributed by atoms with Crippen molar-refractivity contribution in [1.82, 2.24) is 9.55 Å². The monoisotopic (exact) mass is 270 g/mol. The Morgan fingerprint density at radius 3 is 2.53 bits per heavy atom. The lowest BCUT2D eigenvalue weighted by Gasteiger charge is -2.07. The molecule has 0 saturated heterocycles. The number of hydrogen-bond donors (Lipinski definition) is 0. The number of nitrogens with zero attached hydrogens (tertiary/aromatic N) is 2. The van der Waals surface area contributed by atoms with Crippen LogP contribution in [0.25, 0.3) is 11.0 Å². The van der Waals surface area contributed by atoms with E-state index < -0.39 is 0 Å². The molecule has 0 unspecified atom stereocenters. The molecule has 0 atom stereocenters. The van der Waals surface area contributed by atoms with Crippen molar-refractivity contribution in [2.75, 3.05) is 0 Å². The third-order valence-corrected chi connectivity index (χ3v) is 3.42. The minimum atomic E-state index is 0.535. The lowest BCUT2D eigenvalue weighted by Crippen LogP contribution is -2.00. The van der Waals surface area contributed by atoms with E-state index in [9.17, 15) is 0 Å². The maximum absolute atomic E-state index is 5.98. The van der Waals surface area contributed by atoms with Gasteiger partial charge in [0.2, 0.25) is 0 Å². The number of fused-ring (bicyclic) bond motifs is 1. The standard InChI is InChI=1S/C16H15ClN2/c1-11-7-12(2)9-13(8-11)10-19-6-5-14-3-4-15(17)18-16(14)19/h3-9H,10H2,1-2H3. The molecule has 3 aromatic rings. The van der Waals surface area contributed by atoms with Crippen LogP contribution < -0.4 is 0 Å². The maximum Gasteiger partial charge on any atom is 0.141 e. The van der Waals surface area contributed by atoms with Crippen LogP contribution in [0.4, 0.5) is 0 Å². The molecule has 2 heterocycles. The fourth-order valence-corrected chi connectivity index (χ4v) is 2.66. The fourth-order valence-electron chi connectivity index (χ4n) is 2.52. The highest BCUT2D eigenvalue weighted by atomic mass is 35.5. The van der Waals surface area contributed by atoms with E-state index in [0.29, 0.717) is 5.15 Å². The van der Waals surface area contributed by atoms with Gasteiger partial charge in [0.15, 0.2) is 0 Å². The topological polar surface area (TPSA) is 17.8 Å². The van der Waals surface area contributed by atoms with Gasteiger partial charge in [0.1, 0.15) is 10.8 Å². The largest absolute Gasteiger partial charge is 0.328 e. The SMILES string of the molecule is Cc1cc(C)cc(Cn2ccc3ccc(Cl)nc32)c1. The molecule has 2 nitrogen and oxygen atoms in total. The number of aryl methyl sites for hydroxylation is 2. The smallest absolute Gasteiger partial charge is 0.141 e. The van der Waals surface area contributed by atoms with Crippen LogP contribution in [0.3, 0.4) is 0 Å². The summed E-state index contributed by atoms with van der Waals surface area (Å²) in [5.41, 5.74) is 4.80. The molecular weight excluding hydrogens is 256 g/mol. The summed E-state index contributed by atoms with van der Waals surface area (Å²) in [6.07, 6.45) is 2.06. The Morgan fingerprint density at radius 1 is 1.05 bits per heavy atom. The van der Waals surface area contributed by atoms with E-state index in [2.05, 4.69) is 53.9 Å². The third-order valence-electron chi connectivity index (χ3n) is 3.21. The first-order valence-corrected chi connectivity index (χ1v) is 6.68. The van der Waals surface area contributed by atoms with Gasteiger partial charge in [0.25, 0.3) is 0 Å². The van der Waals surface area contributed by atoms with Gasteiger partial charge in [0.05, 0.1) is 0 Å². The van der Waals surface area contributed by atoms with Crippen molar-refractivity contribution < 1.29 is 0 Å². The van der Waals surface area contributed by atoms with Gasteiger partial charge in [-0.1, -0.05) is 40.9 Å². The molecule has 0 fully saturated rings. The summed E-state index contributed by atoms with van der Waals surface area (Å²) < 4.78 is 2.13. The van der Waals surface area contributed by atoms with Crippen molar-refractivity contribution >= 4 is 22.6 Å².